The second-order valence-corrected chi connectivity index (χ2v) is 7.63. The maximum Gasteiger partial charge on any atom is 0.363 e. The van der Waals surface area contributed by atoms with Crippen LogP contribution < -0.4 is 4.74 Å². The van der Waals surface area contributed by atoms with Crippen molar-refractivity contribution in [2.24, 2.45) is 4.99 Å². The molecule has 4 nitrogen and oxygen atoms in total. The quantitative estimate of drug-likeness (QED) is 0.351. The van der Waals surface area contributed by atoms with Crippen LogP contribution in [0.25, 0.3) is 6.08 Å². The first kappa shape index (κ1) is 20.2. The van der Waals surface area contributed by atoms with E-state index < -0.39 is 5.97 Å². The van der Waals surface area contributed by atoms with Crippen LogP contribution in [-0.2, 0) is 16.1 Å². The molecule has 1 aliphatic rings. The molecule has 150 valence electrons. The molecule has 0 saturated heterocycles. The first-order valence-corrected chi connectivity index (χ1v) is 10.00. The molecule has 0 radical (unpaired) electrons. The van der Waals surface area contributed by atoms with Crippen molar-refractivity contribution in [2.75, 3.05) is 0 Å². The van der Waals surface area contributed by atoms with Crippen LogP contribution in [0.3, 0.4) is 0 Å². The highest BCUT2D eigenvalue weighted by Gasteiger charge is 2.24. The van der Waals surface area contributed by atoms with Crippen LogP contribution in [0.15, 0.2) is 77.4 Å². The molecule has 0 saturated carbocycles. The molecule has 1 aliphatic heterocycles. The molecule has 0 N–H and O–H groups in total. The second-order valence-electron chi connectivity index (χ2n) is 6.82. The van der Waals surface area contributed by atoms with Crippen molar-refractivity contribution >= 4 is 41.1 Å². The summed E-state index contributed by atoms with van der Waals surface area (Å²) in [5.41, 5.74) is 3.84. The number of ether oxygens (including phenoxy) is 2. The lowest BCUT2D eigenvalue weighted by Crippen LogP contribution is -2.05. The topological polar surface area (TPSA) is 47.9 Å². The normalized spacial score (nSPS) is 14.6. The number of rotatable bonds is 5. The van der Waals surface area contributed by atoms with E-state index in [-0.39, 0.29) is 11.6 Å². The maximum atomic E-state index is 12.2. The van der Waals surface area contributed by atoms with E-state index in [2.05, 4.69) is 11.1 Å². The zero-order valence-electron chi connectivity index (χ0n) is 16.1. The Morgan fingerprint density at radius 3 is 2.63 bits per heavy atom. The third-order valence-corrected chi connectivity index (χ3v) is 5.18. The number of cyclic esters (lactones) is 1. The Hall–Kier alpha value is -3.08. The molecule has 0 unspecified atom stereocenters. The minimum Gasteiger partial charge on any atom is -0.489 e. The molecule has 4 rings (SSSR count). The number of aryl methyl sites for hydroxylation is 1. The van der Waals surface area contributed by atoms with Gasteiger partial charge < -0.3 is 9.47 Å². The van der Waals surface area contributed by atoms with Crippen LogP contribution in [-0.4, -0.2) is 11.9 Å². The van der Waals surface area contributed by atoms with Gasteiger partial charge in [-0.15, -0.1) is 0 Å². The van der Waals surface area contributed by atoms with Crippen molar-refractivity contribution in [1.82, 2.24) is 0 Å². The summed E-state index contributed by atoms with van der Waals surface area (Å²) in [6, 6.07) is 20.5. The van der Waals surface area contributed by atoms with Gasteiger partial charge in [-0.2, -0.15) is 0 Å². The lowest BCUT2D eigenvalue weighted by Gasteiger charge is -2.07. The lowest BCUT2D eigenvalue weighted by atomic mass is 10.1. The zero-order valence-corrected chi connectivity index (χ0v) is 17.6. The first-order chi connectivity index (χ1) is 14.5. The van der Waals surface area contributed by atoms with Crippen LogP contribution in [0, 0.1) is 6.92 Å². The monoisotopic (exact) mass is 437 g/mol. The molecule has 0 atom stereocenters. The number of carbonyl (C=O) groups excluding carboxylic acids is 1. The van der Waals surface area contributed by atoms with Crippen molar-refractivity contribution < 1.29 is 14.3 Å². The SMILES string of the molecule is Cc1cccc(COc2cccc(/C=C3\N=C(c4ccc(Cl)c(Cl)c4)OC3=O)c2)c1. The highest BCUT2D eigenvalue weighted by molar-refractivity contribution is 6.42. The molecule has 0 aromatic heterocycles. The second kappa shape index (κ2) is 8.74. The molecule has 0 amide bonds. The molecule has 3 aromatic rings. The van der Waals surface area contributed by atoms with Crippen LogP contribution in [0.2, 0.25) is 10.0 Å². The van der Waals surface area contributed by atoms with Crippen molar-refractivity contribution in [1.29, 1.82) is 0 Å². The molecule has 6 heteroatoms. The number of aliphatic imine (C=N–C) groups is 1. The minimum atomic E-state index is -0.526. The van der Waals surface area contributed by atoms with Crippen LogP contribution in [0.5, 0.6) is 5.75 Å². The average molecular weight is 438 g/mol. The summed E-state index contributed by atoms with van der Waals surface area (Å²) < 4.78 is 11.2. The summed E-state index contributed by atoms with van der Waals surface area (Å²) in [4.78, 5) is 16.5. The maximum absolute atomic E-state index is 12.2. The summed E-state index contributed by atoms with van der Waals surface area (Å²) in [6.45, 7) is 2.51. The minimum absolute atomic E-state index is 0.191. The number of benzene rings is 3. The Balaban J connectivity index is 1.52. The fourth-order valence-corrected chi connectivity index (χ4v) is 3.28. The summed E-state index contributed by atoms with van der Waals surface area (Å²) in [5, 5.41) is 0.785. The smallest absolute Gasteiger partial charge is 0.363 e. The van der Waals surface area contributed by atoms with Gasteiger partial charge in [-0.05, 0) is 54.5 Å². The van der Waals surface area contributed by atoms with E-state index in [1.807, 2.05) is 49.4 Å². The number of hydrogen-bond acceptors (Lipinski definition) is 4. The Bertz CT molecular complexity index is 1180. The number of carbonyl (C=O) groups is 1. The van der Waals surface area contributed by atoms with E-state index in [1.54, 1.807) is 24.3 Å². The van der Waals surface area contributed by atoms with E-state index in [1.165, 1.54) is 5.56 Å². The molecule has 0 fully saturated rings. The van der Waals surface area contributed by atoms with Gasteiger partial charge in [-0.25, -0.2) is 9.79 Å². The fourth-order valence-electron chi connectivity index (χ4n) is 2.98. The summed E-state index contributed by atoms with van der Waals surface area (Å²) in [5.74, 6) is 0.365. The summed E-state index contributed by atoms with van der Waals surface area (Å²) in [7, 11) is 0. The molecular formula is C24H17Cl2NO3. The Morgan fingerprint density at radius 1 is 1.00 bits per heavy atom. The highest BCUT2D eigenvalue weighted by Crippen LogP contribution is 2.26. The number of hydrogen-bond donors (Lipinski definition) is 0. The average Bonchev–Trinajstić information content (AvgIpc) is 3.09. The number of halogens is 2. The molecule has 0 aliphatic carbocycles. The first-order valence-electron chi connectivity index (χ1n) is 9.24. The highest BCUT2D eigenvalue weighted by atomic mass is 35.5. The van der Waals surface area contributed by atoms with Gasteiger partial charge in [0.25, 0.3) is 0 Å². The Kier molecular flexibility index (Phi) is 5.88. The molecular weight excluding hydrogens is 421 g/mol. The lowest BCUT2D eigenvalue weighted by molar-refractivity contribution is -0.129. The van der Waals surface area contributed by atoms with Gasteiger partial charge >= 0.3 is 5.97 Å². The molecule has 0 bridgehead atoms. The molecule has 3 aromatic carbocycles. The standard InChI is InChI=1S/C24H17Cl2NO3/c1-15-4-2-6-17(10-15)14-29-19-7-3-5-16(11-19)12-22-24(28)30-23(27-22)18-8-9-20(25)21(26)13-18/h2-13H,14H2,1H3/b22-12-. The van der Waals surface area contributed by atoms with Gasteiger partial charge in [0.05, 0.1) is 10.0 Å². The van der Waals surface area contributed by atoms with Crippen LogP contribution in [0.4, 0.5) is 0 Å². The zero-order chi connectivity index (χ0) is 21.1. The van der Waals surface area contributed by atoms with Gasteiger partial charge in [0, 0.05) is 5.56 Å². The Morgan fingerprint density at radius 2 is 1.83 bits per heavy atom. The van der Waals surface area contributed by atoms with Crippen molar-refractivity contribution in [3.63, 3.8) is 0 Å². The van der Waals surface area contributed by atoms with Crippen LogP contribution >= 0.6 is 23.2 Å². The third-order valence-electron chi connectivity index (χ3n) is 4.44. The van der Waals surface area contributed by atoms with Crippen LogP contribution in [0.1, 0.15) is 22.3 Å². The van der Waals surface area contributed by atoms with Gasteiger partial charge in [0.2, 0.25) is 5.90 Å². The largest absolute Gasteiger partial charge is 0.489 e. The fraction of sp³-hybridized carbons (Fsp3) is 0.0833. The van der Waals surface area contributed by atoms with Gasteiger partial charge in [-0.1, -0.05) is 65.2 Å². The van der Waals surface area contributed by atoms with E-state index >= 15 is 0 Å². The number of esters is 1. The van der Waals surface area contributed by atoms with Crippen molar-refractivity contribution in [3.05, 3.63) is 105 Å². The van der Waals surface area contributed by atoms with E-state index in [9.17, 15) is 4.79 Å². The molecule has 30 heavy (non-hydrogen) atoms. The summed E-state index contributed by atoms with van der Waals surface area (Å²) >= 11 is 12.0. The third kappa shape index (κ3) is 4.73. The van der Waals surface area contributed by atoms with Gasteiger partial charge in [-0.3, -0.25) is 0 Å². The van der Waals surface area contributed by atoms with Gasteiger partial charge in [0.15, 0.2) is 5.70 Å². The van der Waals surface area contributed by atoms with E-state index in [0.717, 1.165) is 11.1 Å². The molecule has 0 spiro atoms. The predicted molar refractivity (Wildman–Crippen MR) is 119 cm³/mol. The summed E-state index contributed by atoms with van der Waals surface area (Å²) in [6.07, 6.45) is 1.66. The van der Waals surface area contributed by atoms with Crippen molar-refractivity contribution in [3.8, 4) is 5.75 Å². The van der Waals surface area contributed by atoms with E-state index in [4.69, 9.17) is 32.7 Å². The number of nitrogens with zero attached hydrogens (tertiary/aromatic N) is 1. The van der Waals surface area contributed by atoms with E-state index in [0.29, 0.717) is 28.0 Å². The van der Waals surface area contributed by atoms with Gasteiger partial charge in [0.1, 0.15) is 12.4 Å². The molecule has 1 heterocycles. The Labute approximate surface area is 184 Å². The predicted octanol–water partition coefficient (Wildman–Crippen LogP) is 6.23. The van der Waals surface area contributed by atoms with Crippen molar-refractivity contribution in [2.45, 2.75) is 13.5 Å².